The smallest absolute Gasteiger partial charge is 0.320 e. The first kappa shape index (κ1) is 10.8. The highest BCUT2D eigenvalue weighted by atomic mass is 16.5. The van der Waals surface area contributed by atoms with Gasteiger partial charge in [-0.15, -0.1) is 5.10 Å². The molecule has 16 heavy (non-hydrogen) atoms. The number of carbonyl (C=O) groups is 1. The SMILES string of the molecule is Cc1ccc(OC2CNC(C(=O)O)C2)nn1. The number of nitrogens with one attached hydrogen (secondary N) is 1. The van der Waals surface area contributed by atoms with Crippen LogP contribution in [0.15, 0.2) is 12.1 Å². The van der Waals surface area contributed by atoms with Crippen molar-refractivity contribution in [1.29, 1.82) is 0 Å². The van der Waals surface area contributed by atoms with Crippen molar-refractivity contribution in [3.63, 3.8) is 0 Å². The molecule has 0 amide bonds. The summed E-state index contributed by atoms with van der Waals surface area (Å²) in [4.78, 5) is 10.7. The minimum absolute atomic E-state index is 0.155. The largest absolute Gasteiger partial charge is 0.480 e. The molecule has 1 fully saturated rings. The van der Waals surface area contributed by atoms with E-state index in [2.05, 4.69) is 15.5 Å². The fourth-order valence-corrected chi connectivity index (χ4v) is 1.60. The molecule has 2 rings (SSSR count). The standard InChI is InChI=1S/C10H13N3O3/c1-6-2-3-9(13-12-6)16-7-4-8(10(14)15)11-5-7/h2-3,7-8,11H,4-5H2,1H3,(H,14,15). The zero-order valence-electron chi connectivity index (χ0n) is 8.88. The van der Waals surface area contributed by atoms with Gasteiger partial charge in [-0.25, -0.2) is 0 Å². The van der Waals surface area contributed by atoms with E-state index >= 15 is 0 Å². The Morgan fingerprint density at radius 2 is 2.38 bits per heavy atom. The minimum Gasteiger partial charge on any atom is -0.480 e. The zero-order valence-corrected chi connectivity index (χ0v) is 8.88. The molecule has 0 aromatic carbocycles. The van der Waals surface area contributed by atoms with E-state index in [4.69, 9.17) is 9.84 Å². The van der Waals surface area contributed by atoms with Crippen LogP contribution in [-0.4, -0.2) is 40.0 Å². The number of carboxylic acids is 1. The van der Waals surface area contributed by atoms with Crippen molar-refractivity contribution in [3.8, 4) is 5.88 Å². The molecule has 1 aromatic heterocycles. The summed E-state index contributed by atoms with van der Waals surface area (Å²) < 4.78 is 5.51. The summed E-state index contributed by atoms with van der Waals surface area (Å²) >= 11 is 0. The third kappa shape index (κ3) is 2.46. The number of carboxylic acid groups (broad SMARTS) is 1. The lowest BCUT2D eigenvalue weighted by Gasteiger charge is -2.10. The number of hydrogen-bond acceptors (Lipinski definition) is 5. The second kappa shape index (κ2) is 4.44. The van der Waals surface area contributed by atoms with E-state index in [9.17, 15) is 4.79 Å². The van der Waals surface area contributed by atoms with Crippen molar-refractivity contribution in [2.75, 3.05) is 6.54 Å². The normalized spacial score (nSPS) is 24.3. The number of aliphatic carboxylic acids is 1. The molecule has 1 saturated heterocycles. The van der Waals surface area contributed by atoms with Gasteiger partial charge in [-0.1, -0.05) is 0 Å². The molecule has 2 atom stereocenters. The lowest BCUT2D eigenvalue weighted by molar-refractivity contribution is -0.139. The van der Waals surface area contributed by atoms with E-state index in [1.54, 1.807) is 12.1 Å². The van der Waals surface area contributed by atoms with Gasteiger partial charge >= 0.3 is 5.97 Å². The lowest BCUT2D eigenvalue weighted by atomic mass is 10.2. The summed E-state index contributed by atoms with van der Waals surface area (Å²) in [5.74, 6) is -0.412. The number of aryl methyl sites for hydroxylation is 1. The third-order valence-corrected chi connectivity index (χ3v) is 2.45. The van der Waals surface area contributed by atoms with Crippen LogP contribution in [0.25, 0.3) is 0 Å². The summed E-state index contributed by atoms with van der Waals surface area (Å²) in [6, 6.07) is 3.01. The van der Waals surface area contributed by atoms with E-state index in [1.165, 1.54) is 0 Å². The fourth-order valence-electron chi connectivity index (χ4n) is 1.60. The van der Waals surface area contributed by atoms with Crippen LogP contribution < -0.4 is 10.1 Å². The van der Waals surface area contributed by atoms with Crippen LogP contribution in [0.4, 0.5) is 0 Å². The maximum Gasteiger partial charge on any atom is 0.320 e. The second-order valence-electron chi connectivity index (χ2n) is 3.79. The summed E-state index contributed by atoms with van der Waals surface area (Å²) in [7, 11) is 0. The molecule has 6 nitrogen and oxygen atoms in total. The molecule has 86 valence electrons. The molecule has 0 spiro atoms. The van der Waals surface area contributed by atoms with Gasteiger partial charge in [0.25, 0.3) is 0 Å². The van der Waals surface area contributed by atoms with Crippen LogP contribution in [0.5, 0.6) is 5.88 Å². The molecule has 1 aliphatic rings. The van der Waals surface area contributed by atoms with Gasteiger partial charge in [-0.3, -0.25) is 4.79 Å². The topological polar surface area (TPSA) is 84.3 Å². The van der Waals surface area contributed by atoms with E-state index in [1.807, 2.05) is 6.92 Å². The fraction of sp³-hybridized carbons (Fsp3) is 0.500. The van der Waals surface area contributed by atoms with Crippen molar-refractivity contribution in [2.45, 2.75) is 25.5 Å². The van der Waals surface area contributed by atoms with Gasteiger partial charge in [-0.2, -0.15) is 5.10 Å². The number of nitrogens with zero attached hydrogens (tertiary/aromatic N) is 2. The molecular formula is C10H13N3O3. The van der Waals surface area contributed by atoms with Crippen LogP contribution >= 0.6 is 0 Å². The lowest BCUT2D eigenvalue weighted by Crippen LogP contribution is -2.30. The van der Waals surface area contributed by atoms with Crippen molar-refractivity contribution < 1.29 is 14.6 Å². The zero-order chi connectivity index (χ0) is 11.5. The number of aromatic nitrogens is 2. The molecule has 1 aliphatic heterocycles. The first-order valence-corrected chi connectivity index (χ1v) is 5.08. The molecular weight excluding hydrogens is 210 g/mol. The maximum atomic E-state index is 10.7. The van der Waals surface area contributed by atoms with Crippen LogP contribution in [0, 0.1) is 6.92 Å². The Morgan fingerprint density at radius 1 is 1.56 bits per heavy atom. The van der Waals surface area contributed by atoms with Crippen LogP contribution in [0.2, 0.25) is 0 Å². The number of rotatable bonds is 3. The third-order valence-electron chi connectivity index (χ3n) is 2.45. The molecule has 2 heterocycles. The van der Waals surface area contributed by atoms with E-state index < -0.39 is 12.0 Å². The summed E-state index contributed by atoms with van der Waals surface area (Å²) in [5.41, 5.74) is 0.820. The van der Waals surface area contributed by atoms with Gasteiger partial charge in [0.15, 0.2) is 0 Å². The summed E-state index contributed by atoms with van der Waals surface area (Å²) in [6.07, 6.45) is 0.295. The molecule has 0 saturated carbocycles. The Hall–Kier alpha value is -1.69. The van der Waals surface area contributed by atoms with E-state index in [0.717, 1.165) is 5.69 Å². The van der Waals surface area contributed by atoms with Gasteiger partial charge in [0, 0.05) is 19.0 Å². The van der Waals surface area contributed by atoms with Crippen molar-refractivity contribution >= 4 is 5.97 Å². The van der Waals surface area contributed by atoms with Crippen LogP contribution in [0.3, 0.4) is 0 Å². The predicted octanol–water partition coefficient (Wildman–Crippen LogP) is -0.0211. The number of ether oxygens (including phenoxy) is 1. The summed E-state index contributed by atoms with van der Waals surface area (Å²) in [5, 5.41) is 19.4. The van der Waals surface area contributed by atoms with Gasteiger partial charge in [0.2, 0.25) is 5.88 Å². The average molecular weight is 223 g/mol. The average Bonchev–Trinajstić information content (AvgIpc) is 2.70. The van der Waals surface area contributed by atoms with Crippen molar-refractivity contribution in [1.82, 2.24) is 15.5 Å². The Bertz CT molecular complexity index is 379. The maximum absolute atomic E-state index is 10.7. The highest BCUT2D eigenvalue weighted by Gasteiger charge is 2.30. The quantitative estimate of drug-likeness (QED) is 0.749. The Labute approximate surface area is 92.6 Å². The van der Waals surface area contributed by atoms with E-state index in [0.29, 0.717) is 18.8 Å². The Balaban J connectivity index is 1.92. The first-order valence-electron chi connectivity index (χ1n) is 5.08. The van der Waals surface area contributed by atoms with Crippen LogP contribution in [-0.2, 0) is 4.79 Å². The summed E-state index contributed by atoms with van der Waals surface area (Å²) in [6.45, 7) is 2.36. The van der Waals surface area contributed by atoms with Crippen molar-refractivity contribution in [2.24, 2.45) is 0 Å². The van der Waals surface area contributed by atoms with Crippen molar-refractivity contribution in [3.05, 3.63) is 17.8 Å². The van der Waals surface area contributed by atoms with Gasteiger partial charge in [0.1, 0.15) is 12.1 Å². The van der Waals surface area contributed by atoms with Gasteiger partial charge in [0.05, 0.1) is 5.69 Å². The molecule has 2 N–H and O–H groups in total. The molecule has 6 heteroatoms. The monoisotopic (exact) mass is 223 g/mol. The Morgan fingerprint density at radius 3 is 2.94 bits per heavy atom. The second-order valence-corrected chi connectivity index (χ2v) is 3.79. The molecule has 0 bridgehead atoms. The van der Waals surface area contributed by atoms with Crippen LogP contribution in [0.1, 0.15) is 12.1 Å². The molecule has 2 unspecified atom stereocenters. The highest BCUT2D eigenvalue weighted by molar-refractivity contribution is 5.73. The highest BCUT2D eigenvalue weighted by Crippen LogP contribution is 2.14. The molecule has 0 radical (unpaired) electrons. The van der Waals surface area contributed by atoms with Gasteiger partial charge < -0.3 is 15.2 Å². The molecule has 1 aromatic rings. The minimum atomic E-state index is -0.846. The molecule has 0 aliphatic carbocycles. The first-order chi connectivity index (χ1) is 7.65. The Kier molecular flexibility index (Phi) is 3.00. The predicted molar refractivity (Wildman–Crippen MR) is 55.2 cm³/mol. The van der Waals surface area contributed by atoms with Gasteiger partial charge in [-0.05, 0) is 13.0 Å². The van der Waals surface area contributed by atoms with E-state index in [-0.39, 0.29) is 6.10 Å². The number of hydrogen-bond donors (Lipinski definition) is 2.